The van der Waals surface area contributed by atoms with Gasteiger partial charge in [-0.25, -0.2) is 13.9 Å². The van der Waals surface area contributed by atoms with Gasteiger partial charge in [-0.2, -0.15) is 0 Å². The van der Waals surface area contributed by atoms with E-state index < -0.39 is 48.6 Å². The van der Waals surface area contributed by atoms with Crippen LogP contribution in [-0.2, 0) is 20.8 Å². The number of cyclic esters (lactones) is 1. The lowest BCUT2D eigenvalue weighted by Crippen LogP contribution is -2.47. The molecule has 0 bridgehead atoms. The molecule has 2 aliphatic heterocycles. The van der Waals surface area contributed by atoms with Gasteiger partial charge in [-0.05, 0) is 38.3 Å². The summed E-state index contributed by atoms with van der Waals surface area (Å²) in [6.45, 7) is 3.13. The molecule has 182 valence electrons. The number of halogens is 1. The fraction of sp³-hybridized carbons (Fsp3) is 0.500. The van der Waals surface area contributed by atoms with Crippen LogP contribution in [0.3, 0.4) is 0 Å². The first-order chi connectivity index (χ1) is 16.3. The van der Waals surface area contributed by atoms with Crippen LogP contribution in [-0.4, -0.2) is 64.3 Å². The molecule has 3 unspecified atom stereocenters. The number of nitrogens with zero attached hydrogens (tertiary/aromatic N) is 5. The number of carbonyl (C=O) groups excluding carboxylic acids is 3. The SMILES string of the molecule is CC(=O)OCC(=O)c1ccc(N2C(=O)OC(Cn3ccnn3)C2C)c(N2CCCCC2N)c1F. The Kier molecular flexibility index (Phi) is 6.77. The number of ether oxygens (including phenoxy) is 2. The van der Waals surface area contributed by atoms with E-state index in [2.05, 4.69) is 10.3 Å². The fourth-order valence-electron chi connectivity index (χ4n) is 4.36. The molecule has 11 nitrogen and oxygen atoms in total. The van der Waals surface area contributed by atoms with Crippen molar-refractivity contribution >= 4 is 29.2 Å². The summed E-state index contributed by atoms with van der Waals surface area (Å²) < 4.78 is 27.8. The predicted molar refractivity (Wildman–Crippen MR) is 119 cm³/mol. The van der Waals surface area contributed by atoms with Crippen molar-refractivity contribution in [2.24, 2.45) is 5.73 Å². The Morgan fingerprint density at radius 3 is 2.79 bits per heavy atom. The molecule has 2 aliphatic rings. The highest BCUT2D eigenvalue weighted by atomic mass is 19.1. The van der Waals surface area contributed by atoms with Crippen molar-refractivity contribution in [2.75, 3.05) is 23.0 Å². The van der Waals surface area contributed by atoms with Gasteiger partial charge in [0.05, 0.1) is 41.9 Å². The maximum Gasteiger partial charge on any atom is 0.415 e. The molecule has 2 N–H and O–H groups in total. The lowest BCUT2D eigenvalue weighted by molar-refractivity contribution is -0.139. The number of hydrogen-bond acceptors (Lipinski definition) is 9. The van der Waals surface area contributed by atoms with Gasteiger partial charge in [-0.3, -0.25) is 14.5 Å². The summed E-state index contributed by atoms with van der Waals surface area (Å²) in [6, 6.07) is 2.34. The molecule has 2 saturated heterocycles. The number of nitrogens with two attached hydrogens (primary N) is 1. The molecule has 0 saturated carbocycles. The topological polar surface area (TPSA) is 133 Å². The minimum Gasteiger partial charge on any atom is -0.457 e. The predicted octanol–water partition coefficient (Wildman–Crippen LogP) is 1.85. The van der Waals surface area contributed by atoms with Crippen LogP contribution in [0.5, 0.6) is 0 Å². The average Bonchev–Trinajstić information content (AvgIpc) is 3.40. The molecule has 2 fully saturated rings. The number of ketones is 1. The molecule has 0 aliphatic carbocycles. The summed E-state index contributed by atoms with van der Waals surface area (Å²) in [5.74, 6) is -2.14. The Hall–Kier alpha value is -3.54. The van der Waals surface area contributed by atoms with Crippen LogP contribution in [0.15, 0.2) is 24.5 Å². The van der Waals surface area contributed by atoms with E-state index >= 15 is 4.39 Å². The first-order valence-electron chi connectivity index (χ1n) is 11.1. The van der Waals surface area contributed by atoms with Gasteiger partial charge < -0.3 is 20.1 Å². The molecule has 1 aromatic carbocycles. The second kappa shape index (κ2) is 9.75. The monoisotopic (exact) mass is 474 g/mol. The molecule has 1 amide bonds. The Labute approximate surface area is 195 Å². The van der Waals surface area contributed by atoms with Gasteiger partial charge in [0.25, 0.3) is 0 Å². The quantitative estimate of drug-likeness (QED) is 0.471. The van der Waals surface area contributed by atoms with Crippen molar-refractivity contribution in [1.82, 2.24) is 15.0 Å². The zero-order valence-corrected chi connectivity index (χ0v) is 19.0. The van der Waals surface area contributed by atoms with Crippen LogP contribution in [0.1, 0.15) is 43.5 Å². The molecule has 12 heteroatoms. The number of amides is 1. The summed E-state index contributed by atoms with van der Waals surface area (Å²) in [5.41, 5.74) is 6.39. The van der Waals surface area contributed by atoms with Crippen LogP contribution in [0.25, 0.3) is 0 Å². The molecule has 34 heavy (non-hydrogen) atoms. The third kappa shape index (κ3) is 4.58. The molecule has 4 rings (SSSR count). The Bertz CT molecular complexity index is 1080. The van der Waals surface area contributed by atoms with E-state index in [4.69, 9.17) is 15.2 Å². The summed E-state index contributed by atoms with van der Waals surface area (Å²) >= 11 is 0. The Morgan fingerprint density at radius 1 is 1.32 bits per heavy atom. The minimum absolute atomic E-state index is 0.0612. The Balaban J connectivity index is 1.72. The third-order valence-corrected chi connectivity index (χ3v) is 6.13. The van der Waals surface area contributed by atoms with Gasteiger partial charge in [-0.15, -0.1) is 5.10 Å². The highest BCUT2D eigenvalue weighted by Gasteiger charge is 2.43. The van der Waals surface area contributed by atoms with E-state index in [0.29, 0.717) is 13.0 Å². The van der Waals surface area contributed by atoms with Gasteiger partial charge in [0.1, 0.15) is 6.10 Å². The van der Waals surface area contributed by atoms with Crippen molar-refractivity contribution in [3.05, 3.63) is 35.9 Å². The van der Waals surface area contributed by atoms with Crippen molar-refractivity contribution in [2.45, 2.75) is 58.0 Å². The molecule has 0 spiro atoms. The molecule has 0 radical (unpaired) electrons. The number of piperidine rings is 1. The third-order valence-electron chi connectivity index (χ3n) is 6.13. The summed E-state index contributed by atoms with van der Waals surface area (Å²) in [7, 11) is 0. The number of esters is 1. The van der Waals surface area contributed by atoms with E-state index in [1.165, 1.54) is 30.2 Å². The number of rotatable bonds is 7. The van der Waals surface area contributed by atoms with Crippen molar-refractivity contribution in [3.63, 3.8) is 0 Å². The van der Waals surface area contributed by atoms with E-state index in [0.717, 1.165) is 12.8 Å². The summed E-state index contributed by atoms with van der Waals surface area (Å²) in [5, 5.41) is 7.67. The number of hydrogen-bond donors (Lipinski definition) is 1. The van der Waals surface area contributed by atoms with Crippen molar-refractivity contribution < 1.29 is 28.2 Å². The first kappa shape index (κ1) is 23.6. The normalized spacial score (nSPS) is 22.6. The largest absolute Gasteiger partial charge is 0.457 e. The number of anilines is 2. The van der Waals surface area contributed by atoms with Crippen LogP contribution in [0.4, 0.5) is 20.6 Å². The number of benzene rings is 1. The molecular formula is C22H27FN6O5. The van der Waals surface area contributed by atoms with Crippen LogP contribution in [0.2, 0.25) is 0 Å². The number of carbonyl (C=O) groups is 3. The molecule has 3 atom stereocenters. The highest BCUT2D eigenvalue weighted by Crippen LogP contribution is 2.40. The maximum atomic E-state index is 15.9. The van der Waals surface area contributed by atoms with Gasteiger partial charge in [0, 0.05) is 19.7 Å². The standard InChI is InChI=1S/C22H27FN6O5/c1-13-18(11-27-10-8-25-26-27)34-22(32)29(13)16-7-6-15(17(31)12-33-14(2)30)20(23)21(16)28-9-4-3-5-19(28)24/h6-8,10,13,18-19H,3-5,9,11-12,24H2,1-2H3. The lowest BCUT2D eigenvalue weighted by atomic mass is 10.0. The summed E-state index contributed by atoms with van der Waals surface area (Å²) in [6.07, 6.45) is 3.82. The fourth-order valence-corrected chi connectivity index (χ4v) is 4.36. The molecule has 1 aromatic heterocycles. The summed E-state index contributed by atoms with van der Waals surface area (Å²) in [4.78, 5) is 39.7. The number of Topliss-reactive ketones (excluding diaryl/α,β-unsaturated/α-hetero) is 1. The molecular weight excluding hydrogens is 447 g/mol. The average molecular weight is 474 g/mol. The lowest BCUT2D eigenvalue weighted by Gasteiger charge is -2.38. The zero-order valence-electron chi connectivity index (χ0n) is 19.0. The van der Waals surface area contributed by atoms with E-state index in [1.807, 2.05) is 0 Å². The van der Waals surface area contributed by atoms with Gasteiger partial charge in [0.15, 0.2) is 12.4 Å². The van der Waals surface area contributed by atoms with Gasteiger partial charge in [0.2, 0.25) is 5.78 Å². The van der Waals surface area contributed by atoms with Crippen molar-refractivity contribution in [3.8, 4) is 0 Å². The van der Waals surface area contributed by atoms with E-state index in [1.54, 1.807) is 22.7 Å². The molecule has 3 heterocycles. The first-order valence-corrected chi connectivity index (χ1v) is 11.1. The minimum atomic E-state index is -0.813. The Morgan fingerprint density at radius 2 is 2.12 bits per heavy atom. The molecule has 2 aromatic rings. The highest BCUT2D eigenvalue weighted by molar-refractivity contribution is 6.02. The van der Waals surface area contributed by atoms with Crippen molar-refractivity contribution in [1.29, 1.82) is 0 Å². The van der Waals surface area contributed by atoms with E-state index in [-0.39, 0.29) is 23.5 Å². The number of aromatic nitrogens is 3. The van der Waals surface area contributed by atoms with Gasteiger partial charge in [-0.1, -0.05) is 5.21 Å². The second-order valence-corrected chi connectivity index (χ2v) is 8.41. The van der Waals surface area contributed by atoms with E-state index in [9.17, 15) is 14.4 Å². The second-order valence-electron chi connectivity index (χ2n) is 8.41. The zero-order chi connectivity index (χ0) is 24.4. The maximum absolute atomic E-state index is 15.9. The van der Waals surface area contributed by atoms with Crippen LogP contribution >= 0.6 is 0 Å². The van der Waals surface area contributed by atoms with Crippen LogP contribution < -0.4 is 15.5 Å². The smallest absolute Gasteiger partial charge is 0.415 e. The van der Waals surface area contributed by atoms with Crippen LogP contribution in [0, 0.1) is 5.82 Å². The van der Waals surface area contributed by atoms with Gasteiger partial charge >= 0.3 is 12.1 Å².